The molecule has 5 rings (SSSR count). The van der Waals surface area contributed by atoms with Crippen molar-refractivity contribution in [3.8, 4) is 0 Å². The Morgan fingerprint density at radius 2 is 1.87 bits per heavy atom. The average molecular weight is 542 g/mol. The highest BCUT2D eigenvalue weighted by Crippen LogP contribution is 2.35. The largest absolute Gasteiger partial charge is 0.444 e. The van der Waals surface area contributed by atoms with Crippen LogP contribution < -0.4 is 5.32 Å². The number of aryl methyl sites for hydroxylation is 1. The minimum Gasteiger partial charge on any atom is -0.444 e. The second-order valence-electron chi connectivity index (χ2n) is 12.4. The topological polar surface area (TPSA) is 96.8 Å². The van der Waals surface area contributed by atoms with Crippen LogP contribution in [0.15, 0.2) is 18.2 Å². The maximum Gasteiger partial charge on any atom is 0.410 e. The zero-order valence-corrected chi connectivity index (χ0v) is 23.4. The molecule has 1 N–H and O–H groups in total. The van der Waals surface area contributed by atoms with Crippen LogP contribution in [0.5, 0.6) is 0 Å². The number of nitrogens with zero attached hydrogens (tertiary/aromatic N) is 4. The second-order valence-corrected chi connectivity index (χ2v) is 12.4. The second kappa shape index (κ2) is 10.9. The summed E-state index contributed by atoms with van der Waals surface area (Å²) in [5.41, 5.74) is 2.40. The Labute approximate surface area is 229 Å². The lowest BCUT2D eigenvalue weighted by molar-refractivity contribution is -0.134. The molecule has 39 heavy (non-hydrogen) atoms. The average Bonchev–Trinajstić information content (AvgIpc) is 3.20. The first-order chi connectivity index (χ1) is 18.5. The molecule has 3 aliphatic rings. The Balaban J connectivity index is 1.16. The first-order valence-corrected chi connectivity index (χ1v) is 14.1. The molecule has 1 unspecified atom stereocenters. The standard InChI is InChI=1S/C29H40FN5O4/c1-29(2,3)39-28(38)35-14-11-20(23(30)17-35)16-34-12-9-18(10-13-34)19-5-6-21-24(15-19)33(4)32-26(21)22-7-8-25(36)31-27(22)37/h5-6,15,18,20,22-23H,7-14,16-17H2,1-4H3,(H,31,36,37)/t20-,22?,23-/m0/s1. The first-order valence-electron chi connectivity index (χ1n) is 14.1. The van der Waals surface area contributed by atoms with E-state index in [2.05, 4.69) is 33.5 Å². The summed E-state index contributed by atoms with van der Waals surface area (Å²) in [6, 6.07) is 6.39. The van der Waals surface area contributed by atoms with Crippen LogP contribution in [0, 0.1) is 5.92 Å². The number of imide groups is 1. The SMILES string of the molecule is Cn1nc(C2CCC(=O)NC2=O)c2ccc(C3CCN(C[C@@H]4CCN(C(=O)OC(C)(C)C)C[C@@H]4F)CC3)cc21. The molecule has 4 heterocycles. The van der Waals surface area contributed by atoms with E-state index in [1.807, 2.05) is 32.5 Å². The summed E-state index contributed by atoms with van der Waals surface area (Å²) >= 11 is 0. The van der Waals surface area contributed by atoms with Crippen molar-refractivity contribution >= 4 is 28.8 Å². The van der Waals surface area contributed by atoms with Gasteiger partial charge in [-0.3, -0.25) is 19.6 Å². The molecule has 3 saturated heterocycles. The van der Waals surface area contributed by atoms with Crippen molar-refractivity contribution in [1.82, 2.24) is 24.9 Å². The molecule has 3 atom stereocenters. The number of amides is 3. The predicted octanol–water partition coefficient (Wildman–Crippen LogP) is 3.87. The monoisotopic (exact) mass is 541 g/mol. The van der Waals surface area contributed by atoms with Gasteiger partial charge in [-0.2, -0.15) is 5.10 Å². The molecule has 0 saturated carbocycles. The Bertz CT molecular complexity index is 1250. The van der Waals surface area contributed by atoms with E-state index in [0.29, 0.717) is 38.3 Å². The number of halogens is 1. The van der Waals surface area contributed by atoms with E-state index in [9.17, 15) is 14.4 Å². The third kappa shape index (κ3) is 6.10. The van der Waals surface area contributed by atoms with Crippen molar-refractivity contribution in [3.05, 3.63) is 29.5 Å². The van der Waals surface area contributed by atoms with Crippen LogP contribution in [-0.2, 0) is 21.4 Å². The Kier molecular flexibility index (Phi) is 7.68. The number of piperidine rings is 3. The van der Waals surface area contributed by atoms with Crippen LogP contribution in [0.2, 0.25) is 0 Å². The van der Waals surface area contributed by atoms with Gasteiger partial charge >= 0.3 is 6.09 Å². The lowest BCUT2D eigenvalue weighted by Gasteiger charge is -2.39. The molecule has 1 aromatic carbocycles. The summed E-state index contributed by atoms with van der Waals surface area (Å²) < 4.78 is 22.3. The summed E-state index contributed by atoms with van der Waals surface area (Å²) in [6.45, 7) is 8.63. The van der Waals surface area contributed by atoms with Gasteiger partial charge in [0.1, 0.15) is 11.8 Å². The highest BCUT2D eigenvalue weighted by molar-refractivity contribution is 6.02. The summed E-state index contributed by atoms with van der Waals surface area (Å²) in [5, 5.41) is 8.06. The Morgan fingerprint density at radius 1 is 1.13 bits per heavy atom. The van der Waals surface area contributed by atoms with Gasteiger partial charge in [-0.25, -0.2) is 9.18 Å². The van der Waals surface area contributed by atoms with Crippen molar-refractivity contribution < 1.29 is 23.5 Å². The molecule has 1 aromatic heterocycles. The molecule has 2 aromatic rings. The summed E-state index contributed by atoms with van der Waals surface area (Å²) in [5.74, 6) is -0.561. The van der Waals surface area contributed by atoms with E-state index in [-0.39, 0.29) is 24.3 Å². The lowest BCUT2D eigenvalue weighted by atomic mass is 9.87. The van der Waals surface area contributed by atoms with Crippen LogP contribution in [0.4, 0.5) is 9.18 Å². The fourth-order valence-corrected chi connectivity index (χ4v) is 6.20. The molecule has 3 amide bonds. The number of likely N-dealkylation sites (tertiary alicyclic amines) is 2. The number of nitrogens with one attached hydrogen (secondary N) is 1. The van der Waals surface area contributed by atoms with Crippen LogP contribution in [0.25, 0.3) is 10.9 Å². The van der Waals surface area contributed by atoms with Gasteiger partial charge in [0, 0.05) is 37.9 Å². The van der Waals surface area contributed by atoms with Crippen LogP contribution >= 0.6 is 0 Å². The van der Waals surface area contributed by atoms with Crippen molar-refractivity contribution in [2.24, 2.45) is 13.0 Å². The number of ether oxygens (including phenoxy) is 1. The van der Waals surface area contributed by atoms with Crippen LogP contribution in [0.1, 0.15) is 76.0 Å². The molecule has 0 radical (unpaired) electrons. The molecule has 3 fully saturated rings. The third-order valence-electron chi connectivity index (χ3n) is 8.35. The molecule has 0 aliphatic carbocycles. The van der Waals surface area contributed by atoms with Crippen LogP contribution in [0.3, 0.4) is 0 Å². The number of aromatic nitrogens is 2. The molecular formula is C29H40FN5O4. The van der Waals surface area contributed by atoms with Crippen molar-refractivity contribution in [1.29, 1.82) is 0 Å². The van der Waals surface area contributed by atoms with Gasteiger partial charge in [0.05, 0.1) is 23.7 Å². The Morgan fingerprint density at radius 3 is 2.54 bits per heavy atom. The minimum absolute atomic E-state index is 0.0725. The number of fused-ring (bicyclic) bond motifs is 1. The smallest absolute Gasteiger partial charge is 0.410 e. The number of hydrogen-bond acceptors (Lipinski definition) is 6. The lowest BCUT2D eigenvalue weighted by Crippen LogP contribution is -2.50. The molecular weight excluding hydrogens is 501 g/mol. The van der Waals surface area contributed by atoms with Crippen molar-refractivity contribution in [3.63, 3.8) is 0 Å². The highest BCUT2D eigenvalue weighted by atomic mass is 19.1. The first kappa shape index (κ1) is 27.6. The third-order valence-corrected chi connectivity index (χ3v) is 8.35. The molecule has 212 valence electrons. The number of alkyl halides is 1. The van der Waals surface area contributed by atoms with Crippen LogP contribution in [-0.4, -0.2) is 82.0 Å². The molecule has 10 heteroatoms. The summed E-state index contributed by atoms with van der Waals surface area (Å²) in [4.78, 5) is 40.2. The zero-order valence-electron chi connectivity index (χ0n) is 23.4. The number of carbonyl (C=O) groups is 3. The van der Waals surface area contributed by atoms with Gasteiger partial charge in [-0.15, -0.1) is 0 Å². The van der Waals surface area contributed by atoms with E-state index >= 15 is 4.39 Å². The number of hydrogen-bond donors (Lipinski definition) is 1. The predicted molar refractivity (Wildman–Crippen MR) is 145 cm³/mol. The van der Waals surface area contributed by atoms with Gasteiger partial charge in [0.25, 0.3) is 0 Å². The quantitative estimate of drug-likeness (QED) is 0.591. The van der Waals surface area contributed by atoms with Crippen molar-refractivity contribution in [2.45, 2.75) is 76.5 Å². The van der Waals surface area contributed by atoms with E-state index in [1.165, 1.54) is 10.5 Å². The molecule has 9 nitrogen and oxygen atoms in total. The molecule has 0 bridgehead atoms. The molecule has 0 spiro atoms. The fraction of sp³-hybridized carbons (Fsp3) is 0.655. The highest BCUT2D eigenvalue weighted by Gasteiger charge is 2.36. The van der Waals surface area contributed by atoms with Gasteiger partial charge in [-0.1, -0.05) is 12.1 Å². The van der Waals surface area contributed by atoms with Gasteiger partial charge in [0.15, 0.2) is 0 Å². The summed E-state index contributed by atoms with van der Waals surface area (Å²) in [6.07, 6.45) is 1.98. The van der Waals surface area contributed by atoms with Gasteiger partial charge in [0.2, 0.25) is 11.8 Å². The maximum atomic E-state index is 15.0. The maximum absolute atomic E-state index is 15.0. The fourth-order valence-electron chi connectivity index (χ4n) is 6.20. The summed E-state index contributed by atoms with van der Waals surface area (Å²) in [7, 11) is 1.89. The molecule has 3 aliphatic heterocycles. The van der Waals surface area contributed by atoms with E-state index in [1.54, 1.807) is 0 Å². The van der Waals surface area contributed by atoms with Gasteiger partial charge in [-0.05, 0) is 77.1 Å². The van der Waals surface area contributed by atoms with Gasteiger partial charge < -0.3 is 14.5 Å². The number of carbonyl (C=O) groups excluding carboxylic acids is 3. The van der Waals surface area contributed by atoms with E-state index in [4.69, 9.17) is 4.74 Å². The number of benzene rings is 1. The minimum atomic E-state index is -1.05. The zero-order chi connectivity index (χ0) is 27.9. The normalized spacial score (nSPS) is 25.7. The van der Waals surface area contributed by atoms with E-state index in [0.717, 1.165) is 42.5 Å². The number of rotatable bonds is 4. The van der Waals surface area contributed by atoms with E-state index < -0.39 is 23.8 Å². The Hall–Kier alpha value is -3.01. The van der Waals surface area contributed by atoms with Crippen molar-refractivity contribution in [2.75, 3.05) is 32.7 Å².